The van der Waals surface area contributed by atoms with E-state index in [1.165, 1.54) is 0 Å². The molecule has 0 aliphatic heterocycles. The SMILES string of the molecule is CC(O)CC(CN)c1cnn(C(C)C)c1. The minimum atomic E-state index is -0.319. The number of aromatic nitrogens is 2. The van der Waals surface area contributed by atoms with Crippen LogP contribution < -0.4 is 5.73 Å². The van der Waals surface area contributed by atoms with Gasteiger partial charge in [-0.25, -0.2) is 0 Å². The van der Waals surface area contributed by atoms with E-state index in [1.54, 1.807) is 6.92 Å². The molecule has 1 heterocycles. The lowest BCUT2D eigenvalue weighted by molar-refractivity contribution is 0.175. The Morgan fingerprint density at radius 1 is 1.47 bits per heavy atom. The number of aliphatic hydroxyl groups excluding tert-OH is 1. The van der Waals surface area contributed by atoms with Gasteiger partial charge in [0.25, 0.3) is 0 Å². The summed E-state index contributed by atoms with van der Waals surface area (Å²) >= 11 is 0. The van der Waals surface area contributed by atoms with E-state index in [1.807, 2.05) is 17.1 Å². The summed E-state index contributed by atoms with van der Waals surface area (Å²) < 4.78 is 1.92. The van der Waals surface area contributed by atoms with Crippen LogP contribution in [0.5, 0.6) is 0 Å². The van der Waals surface area contributed by atoms with E-state index in [9.17, 15) is 5.11 Å². The van der Waals surface area contributed by atoms with Crippen molar-refractivity contribution in [3.8, 4) is 0 Å². The molecule has 0 saturated heterocycles. The van der Waals surface area contributed by atoms with Crippen LogP contribution in [-0.4, -0.2) is 27.5 Å². The Labute approximate surface area is 91.1 Å². The zero-order chi connectivity index (χ0) is 11.4. The molecule has 0 aliphatic carbocycles. The summed E-state index contributed by atoms with van der Waals surface area (Å²) in [6.45, 7) is 6.51. The van der Waals surface area contributed by atoms with Crippen molar-refractivity contribution in [1.29, 1.82) is 0 Å². The van der Waals surface area contributed by atoms with Crippen LogP contribution in [0.3, 0.4) is 0 Å². The van der Waals surface area contributed by atoms with Crippen molar-refractivity contribution in [3.05, 3.63) is 18.0 Å². The van der Waals surface area contributed by atoms with Gasteiger partial charge < -0.3 is 10.8 Å². The molecule has 1 rings (SSSR count). The van der Waals surface area contributed by atoms with Gasteiger partial charge in [0.15, 0.2) is 0 Å². The normalized spacial score (nSPS) is 15.6. The van der Waals surface area contributed by atoms with E-state index in [0.717, 1.165) is 5.56 Å². The van der Waals surface area contributed by atoms with Crippen molar-refractivity contribution in [2.24, 2.45) is 5.73 Å². The van der Waals surface area contributed by atoms with Crippen LogP contribution in [0.15, 0.2) is 12.4 Å². The first-order valence-corrected chi connectivity index (χ1v) is 5.46. The molecule has 0 radical (unpaired) electrons. The maximum atomic E-state index is 9.35. The predicted octanol–water partition coefficient (Wildman–Crippen LogP) is 1.28. The highest BCUT2D eigenvalue weighted by atomic mass is 16.3. The molecular formula is C11H21N3O. The molecule has 0 saturated carbocycles. The molecule has 3 N–H and O–H groups in total. The first-order valence-electron chi connectivity index (χ1n) is 5.46. The molecule has 2 atom stereocenters. The maximum Gasteiger partial charge on any atom is 0.0525 e. The van der Waals surface area contributed by atoms with E-state index in [-0.39, 0.29) is 12.0 Å². The van der Waals surface area contributed by atoms with Crippen LogP contribution in [0, 0.1) is 0 Å². The Morgan fingerprint density at radius 3 is 2.53 bits per heavy atom. The Hall–Kier alpha value is -0.870. The Morgan fingerprint density at radius 2 is 2.13 bits per heavy atom. The molecule has 4 heteroatoms. The lowest BCUT2D eigenvalue weighted by Gasteiger charge is -2.14. The van der Waals surface area contributed by atoms with Crippen molar-refractivity contribution >= 4 is 0 Å². The van der Waals surface area contributed by atoms with E-state index < -0.39 is 0 Å². The minimum Gasteiger partial charge on any atom is -0.393 e. The van der Waals surface area contributed by atoms with Crippen molar-refractivity contribution < 1.29 is 5.11 Å². The van der Waals surface area contributed by atoms with Gasteiger partial charge in [0.05, 0.1) is 12.3 Å². The molecule has 0 amide bonds. The van der Waals surface area contributed by atoms with Gasteiger partial charge in [0.1, 0.15) is 0 Å². The quantitative estimate of drug-likeness (QED) is 0.771. The van der Waals surface area contributed by atoms with E-state index in [0.29, 0.717) is 19.0 Å². The van der Waals surface area contributed by atoms with Gasteiger partial charge in [-0.05, 0) is 39.3 Å². The van der Waals surface area contributed by atoms with Gasteiger partial charge in [-0.1, -0.05) is 0 Å². The van der Waals surface area contributed by atoms with Crippen LogP contribution in [0.1, 0.15) is 44.7 Å². The van der Waals surface area contributed by atoms with Crippen molar-refractivity contribution in [3.63, 3.8) is 0 Å². The molecule has 1 aromatic rings. The Bertz CT molecular complexity index is 294. The largest absolute Gasteiger partial charge is 0.393 e. The molecule has 0 aliphatic rings. The number of hydrogen-bond acceptors (Lipinski definition) is 3. The molecule has 0 bridgehead atoms. The third-order valence-electron chi connectivity index (χ3n) is 2.53. The summed E-state index contributed by atoms with van der Waals surface area (Å²) in [5.41, 5.74) is 6.81. The first kappa shape index (κ1) is 12.2. The summed E-state index contributed by atoms with van der Waals surface area (Å²) in [6.07, 6.45) is 4.24. The number of rotatable bonds is 5. The summed E-state index contributed by atoms with van der Waals surface area (Å²) in [5, 5.41) is 13.6. The minimum absolute atomic E-state index is 0.206. The molecule has 0 spiro atoms. The van der Waals surface area contributed by atoms with Gasteiger partial charge in [-0.15, -0.1) is 0 Å². The molecule has 4 nitrogen and oxygen atoms in total. The number of aliphatic hydroxyl groups is 1. The van der Waals surface area contributed by atoms with Gasteiger partial charge in [-0.3, -0.25) is 4.68 Å². The number of hydrogen-bond donors (Lipinski definition) is 2. The summed E-state index contributed by atoms with van der Waals surface area (Å²) in [5.74, 6) is 0.206. The van der Waals surface area contributed by atoms with Gasteiger partial charge in [0, 0.05) is 18.2 Å². The summed E-state index contributed by atoms with van der Waals surface area (Å²) in [4.78, 5) is 0. The third-order valence-corrected chi connectivity index (χ3v) is 2.53. The van der Waals surface area contributed by atoms with Crippen LogP contribution in [0.2, 0.25) is 0 Å². The predicted molar refractivity (Wildman–Crippen MR) is 60.7 cm³/mol. The molecular weight excluding hydrogens is 190 g/mol. The molecule has 0 aromatic carbocycles. The third kappa shape index (κ3) is 3.32. The molecule has 0 fully saturated rings. The van der Waals surface area contributed by atoms with Crippen LogP contribution in [-0.2, 0) is 0 Å². The number of nitrogens with zero attached hydrogens (tertiary/aromatic N) is 2. The first-order chi connectivity index (χ1) is 7.04. The smallest absolute Gasteiger partial charge is 0.0525 e. The molecule has 86 valence electrons. The van der Waals surface area contributed by atoms with Crippen LogP contribution in [0.25, 0.3) is 0 Å². The second-order valence-electron chi connectivity index (χ2n) is 4.36. The fraction of sp³-hybridized carbons (Fsp3) is 0.727. The zero-order valence-electron chi connectivity index (χ0n) is 9.72. The topological polar surface area (TPSA) is 64.1 Å². The average molecular weight is 211 g/mol. The second kappa shape index (κ2) is 5.28. The van der Waals surface area contributed by atoms with Gasteiger partial charge in [-0.2, -0.15) is 5.10 Å². The molecule has 1 aromatic heterocycles. The summed E-state index contributed by atoms with van der Waals surface area (Å²) in [6, 6.07) is 0.365. The lowest BCUT2D eigenvalue weighted by Crippen LogP contribution is -2.17. The van der Waals surface area contributed by atoms with E-state index in [4.69, 9.17) is 5.73 Å². The standard InChI is InChI=1S/C11H21N3O/c1-8(2)14-7-11(6-13-14)10(5-12)4-9(3)15/h6-10,15H,4-5,12H2,1-3H3. The molecule has 2 unspecified atom stereocenters. The maximum absolute atomic E-state index is 9.35. The van der Waals surface area contributed by atoms with Gasteiger partial charge >= 0.3 is 0 Å². The van der Waals surface area contributed by atoms with Crippen molar-refractivity contribution in [2.45, 2.75) is 45.3 Å². The second-order valence-corrected chi connectivity index (χ2v) is 4.36. The molecule has 15 heavy (non-hydrogen) atoms. The summed E-state index contributed by atoms with van der Waals surface area (Å²) in [7, 11) is 0. The highest BCUT2D eigenvalue weighted by Gasteiger charge is 2.14. The van der Waals surface area contributed by atoms with Gasteiger partial charge in [0.2, 0.25) is 0 Å². The fourth-order valence-corrected chi connectivity index (χ4v) is 1.63. The van der Waals surface area contributed by atoms with E-state index in [2.05, 4.69) is 18.9 Å². The number of nitrogens with two attached hydrogens (primary N) is 1. The Kier molecular flexibility index (Phi) is 4.29. The zero-order valence-corrected chi connectivity index (χ0v) is 9.72. The van der Waals surface area contributed by atoms with E-state index >= 15 is 0 Å². The van der Waals surface area contributed by atoms with Crippen LogP contribution >= 0.6 is 0 Å². The highest BCUT2D eigenvalue weighted by Crippen LogP contribution is 2.20. The highest BCUT2D eigenvalue weighted by molar-refractivity contribution is 5.12. The average Bonchev–Trinajstić information content (AvgIpc) is 2.62. The van der Waals surface area contributed by atoms with Crippen molar-refractivity contribution in [2.75, 3.05) is 6.54 Å². The lowest BCUT2D eigenvalue weighted by atomic mass is 9.96. The monoisotopic (exact) mass is 211 g/mol. The van der Waals surface area contributed by atoms with Crippen molar-refractivity contribution in [1.82, 2.24) is 9.78 Å². The Balaban J connectivity index is 2.74. The van der Waals surface area contributed by atoms with Crippen LogP contribution in [0.4, 0.5) is 0 Å². The fourth-order valence-electron chi connectivity index (χ4n) is 1.63.